The van der Waals surface area contributed by atoms with Crippen molar-refractivity contribution in [3.63, 3.8) is 0 Å². The van der Waals surface area contributed by atoms with Crippen LogP contribution in [0.2, 0.25) is 0 Å². The van der Waals surface area contributed by atoms with E-state index in [1.54, 1.807) is 12.0 Å². The van der Waals surface area contributed by atoms with Crippen LogP contribution < -0.4 is 4.74 Å². The first kappa shape index (κ1) is 19.8. The van der Waals surface area contributed by atoms with E-state index >= 15 is 0 Å². The van der Waals surface area contributed by atoms with Gasteiger partial charge >= 0.3 is 6.03 Å². The number of hydrogen-bond acceptors (Lipinski definition) is 4. The van der Waals surface area contributed by atoms with Crippen molar-refractivity contribution >= 4 is 6.03 Å². The maximum Gasteiger partial charge on any atom is 0.320 e. The molecule has 3 atom stereocenters. The molecular weight excluding hydrogens is 366 g/mol. The van der Waals surface area contributed by atoms with E-state index in [1.807, 2.05) is 44.9 Å². The van der Waals surface area contributed by atoms with Crippen molar-refractivity contribution in [3.05, 3.63) is 48.5 Å². The second kappa shape index (κ2) is 8.45. The van der Waals surface area contributed by atoms with Crippen molar-refractivity contribution in [1.82, 2.24) is 24.3 Å². The number of carbonyl (C=O) groups is 1. The molecule has 0 unspecified atom stereocenters. The van der Waals surface area contributed by atoms with Crippen molar-refractivity contribution in [3.8, 4) is 5.75 Å². The minimum atomic E-state index is 0.104. The first-order valence-electron chi connectivity index (χ1n) is 10.4. The van der Waals surface area contributed by atoms with Gasteiger partial charge in [0.05, 0.1) is 19.5 Å². The number of hydrogen-bond donors (Lipinski definition) is 0. The predicted octanol–water partition coefficient (Wildman–Crippen LogP) is 2.57. The fourth-order valence-corrected chi connectivity index (χ4v) is 4.90. The second-order valence-corrected chi connectivity index (χ2v) is 8.38. The maximum atomic E-state index is 12.9. The minimum absolute atomic E-state index is 0.104. The summed E-state index contributed by atoms with van der Waals surface area (Å²) in [5.41, 5.74) is 1.20. The highest BCUT2D eigenvalue weighted by Crippen LogP contribution is 2.45. The molecule has 7 heteroatoms. The Morgan fingerprint density at radius 2 is 1.97 bits per heavy atom. The number of benzene rings is 1. The lowest BCUT2D eigenvalue weighted by atomic mass is 9.89. The van der Waals surface area contributed by atoms with E-state index in [4.69, 9.17) is 4.74 Å². The van der Waals surface area contributed by atoms with E-state index in [9.17, 15) is 4.79 Å². The van der Waals surface area contributed by atoms with E-state index < -0.39 is 0 Å². The van der Waals surface area contributed by atoms with Crippen LogP contribution in [0.3, 0.4) is 0 Å². The summed E-state index contributed by atoms with van der Waals surface area (Å²) in [5.74, 6) is 1.85. The molecule has 2 aromatic rings. The van der Waals surface area contributed by atoms with Gasteiger partial charge in [-0.2, -0.15) is 0 Å². The molecule has 2 aliphatic heterocycles. The second-order valence-electron chi connectivity index (χ2n) is 8.38. The van der Waals surface area contributed by atoms with Gasteiger partial charge in [-0.15, -0.1) is 0 Å². The summed E-state index contributed by atoms with van der Waals surface area (Å²) in [6, 6.07) is 8.45. The number of nitrogens with zero attached hydrogens (tertiary/aromatic N) is 5. The van der Waals surface area contributed by atoms with E-state index in [0.29, 0.717) is 11.8 Å². The molecule has 4 rings (SSSR count). The highest BCUT2D eigenvalue weighted by Gasteiger charge is 2.49. The standard InChI is InChI=1S/C22H31N5O2/c1-24(2)22(28)27-14-18-13-26(11-4-10-25-12-9-23-16-25)15-20(18)21(27)17-5-7-19(29-3)8-6-17/h5-9,12,16,18,20-21H,4,10-11,13-15H2,1-3H3/t18-,20-,21+/m1/s1. The number of amides is 2. The topological polar surface area (TPSA) is 53.8 Å². The Morgan fingerprint density at radius 3 is 2.62 bits per heavy atom. The minimum Gasteiger partial charge on any atom is -0.497 e. The van der Waals surface area contributed by atoms with Crippen LogP contribution in [0.25, 0.3) is 0 Å². The third-order valence-electron chi connectivity index (χ3n) is 6.28. The lowest BCUT2D eigenvalue weighted by Crippen LogP contribution is -2.41. The number of methoxy groups -OCH3 is 1. The van der Waals surface area contributed by atoms with Crippen LogP contribution in [0.5, 0.6) is 5.75 Å². The number of imidazole rings is 1. The van der Waals surface area contributed by atoms with Crippen molar-refractivity contribution < 1.29 is 9.53 Å². The lowest BCUT2D eigenvalue weighted by Gasteiger charge is -2.32. The largest absolute Gasteiger partial charge is 0.497 e. The Bertz CT molecular complexity index is 805. The molecule has 0 radical (unpaired) electrons. The van der Waals surface area contributed by atoms with Gasteiger partial charge in [-0.1, -0.05) is 12.1 Å². The lowest BCUT2D eigenvalue weighted by molar-refractivity contribution is 0.152. The van der Waals surface area contributed by atoms with E-state index in [1.165, 1.54) is 5.56 Å². The van der Waals surface area contributed by atoms with E-state index in [2.05, 4.69) is 31.5 Å². The molecule has 0 saturated carbocycles. The number of carbonyl (C=O) groups excluding carboxylic acids is 1. The van der Waals surface area contributed by atoms with Crippen LogP contribution in [-0.4, -0.2) is 77.7 Å². The van der Waals surface area contributed by atoms with Gasteiger partial charge in [-0.05, 0) is 36.6 Å². The van der Waals surface area contributed by atoms with Gasteiger partial charge in [0.15, 0.2) is 0 Å². The Morgan fingerprint density at radius 1 is 1.17 bits per heavy atom. The molecule has 0 N–H and O–H groups in total. The molecule has 7 nitrogen and oxygen atoms in total. The van der Waals surface area contributed by atoms with Crippen molar-refractivity contribution in [1.29, 1.82) is 0 Å². The molecule has 3 heterocycles. The number of aromatic nitrogens is 2. The van der Waals surface area contributed by atoms with Gasteiger partial charge in [0, 0.05) is 58.6 Å². The Kier molecular flexibility index (Phi) is 5.76. The van der Waals surface area contributed by atoms with Crippen LogP contribution >= 0.6 is 0 Å². The molecule has 1 aromatic carbocycles. The monoisotopic (exact) mass is 397 g/mol. The summed E-state index contributed by atoms with van der Waals surface area (Å²) in [6.07, 6.45) is 6.84. The Hall–Kier alpha value is -2.54. The average Bonchev–Trinajstić information content (AvgIpc) is 3.44. The van der Waals surface area contributed by atoms with Crippen LogP contribution in [0.15, 0.2) is 43.0 Å². The van der Waals surface area contributed by atoms with Gasteiger partial charge in [0.2, 0.25) is 0 Å². The number of ether oxygens (including phenoxy) is 1. The molecule has 29 heavy (non-hydrogen) atoms. The number of likely N-dealkylation sites (tertiary alicyclic amines) is 2. The summed E-state index contributed by atoms with van der Waals surface area (Å²) in [4.78, 5) is 23.3. The third-order valence-corrected chi connectivity index (χ3v) is 6.28. The molecule has 156 valence electrons. The van der Waals surface area contributed by atoms with Crippen molar-refractivity contribution in [2.45, 2.75) is 19.0 Å². The summed E-state index contributed by atoms with van der Waals surface area (Å²) in [6.45, 7) is 5.03. The quantitative estimate of drug-likeness (QED) is 0.752. The Labute approximate surface area is 172 Å². The molecule has 0 bridgehead atoms. The number of fused-ring (bicyclic) bond motifs is 1. The maximum absolute atomic E-state index is 12.9. The summed E-state index contributed by atoms with van der Waals surface area (Å²) in [5, 5.41) is 0. The molecule has 0 aliphatic carbocycles. The van der Waals surface area contributed by atoms with Crippen molar-refractivity contribution in [2.24, 2.45) is 11.8 Å². The summed E-state index contributed by atoms with van der Waals surface area (Å²) >= 11 is 0. The van der Waals surface area contributed by atoms with Gasteiger partial charge in [-0.25, -0.2) is 9.78 Å². The SMILES string of the molecule is COc1ccc([C@H]2[C@@H]3CN(CCCn4ccnc4)C[C@@H]3CN2C(=O)N(C)C)cc1. The predicted molar refractivity (Wildman–Crippen MR) is 112 cm³/mol. The zero-order valence-electron chi connectivity index (χ0n) is 17.6. The highest BCUT2D eigenvalue weighted by atomic mass is 16.5. The molecule has 2 amide bonds. The molecular formula is C22H31N5O2. The highest BCUT2D eigenvalue weighted by molar-refractivity contribution is 5.75. The average molecular weight is 398 g/mol. The molecule has 2 saturated heterocycles. The first-order valence-corrected chi connectivity index (χ1v) is 10.4. The number of urea groups is 1. The number of rotatable bonds is 6. The number of aryl methyl sites for hydroxylation is 1. The van der Waals surface area contributed by atoms with Crippen LogP contribution in [-0.2, 0) is 6.54 Å². The molecule has 2 aliphatic rings. The van der Waals surface area contributed by atoms with Gasteiger partial charge in [0.25, 0.3) is 0 Å². The normalized spacial score (nSPS) is 24.0. The fraction of sp³-hybridized carbons (Fsp3) is 0.545. The first-order chi connectivity index (χ1) is 14.1. The van der Waals surface area contributed by atoms with Crippen LogP contribution in [0.1, 0.15) is 18.0 Å². The third kappa shape index (κ3) is 4.10. The summed E-state index contributed by atoms with van der Waals surface area (Å²) in [7, 11) is 5.36. The summed E-state index contributed by atoms with van der Waals surface area (Å²) < 4.78 is 7.45. The fourth-order valence-electron chi connectivity index (χ4n) is 4.90. The van der Waals surface area contributed by atoms with E-state index in [-0.39, 0.29) is 12.1 Å². The van der Waals surface area contributed by atoms with Gasteiger partial charge in [-0.3, -0.25) is 0 Å². The zero-order valence-corrected chi connectivity index (χ0v) is 17.6. The molecule has 0 spiro atoms. The molecule has 1 aromatic heterocycles. The van der Waals surface area contributed by atoms with Gasteiger partial charge in [0.1, 0.15) is 5.75 Å². The van der Waals surface area contributed by atoms with Gasteiger partial charge < -0.3 is 24.0 Å². The smallest absolute Gasteiger partial charge is 0.320 e. The van der Waals surface area contributed by atoms with E-state index in [0.717, 1.165) is 44.9 Å². The van der Waals surface area contributed by atoms with Crippen LogP contribution in [0.4, 0.5) is 4.79 Å². The van der Waals surface area contributed by atoms with Crippen molar-refractivity contribution in [2.75, 3.05) is 47.4 Å². The Balaban J connectivity index is 1.46. The molecule has 2 fully saturated rings. The zero-order chi connectivity index (χ0) is 20.4. The van der Waals surface area contributed by atoms with Crippen LogP contribution in [0, 0.1) is 11.8 Å².